The Kier molecular flexibility index (Phi) is 6.71. The molecule has 3 aromatic carbocycles. The molecule has 172 valence electrons. The fraction of sp³-hybridized carbons (Fsp3) is 0.241. The van der Waals surface area contributed by atoms with Crippen molar-refractivity contribution in [2.45, 2.75) is 32.2 Å². The summed E-state index contributed by atoms with van der Waals surface area (Å²) in [4.78, 5) is 19.9. The Labute approximate surface area is 200 Å². The van der Waals surface area contributed by atoms with Crippen LogP contribution in [0.2, 0.25) is 0 Å². The predicted octanol–water partition coefficient (Wildman–Crippen LogP) is 5.56. The third kappa shape index (κ3) is 5.37. The van der Waals surface area contributed by atoms with E-state index in [4.69, 9.17) is 9.47 Å². The first-order valence-electron chi connectivity index (χ1n) is 11.8. The summed E-state index contributed by atoms with van der Waals surface area (Å²) < 4.78 is 10.9. The molecule has 0 fully saturated rings. The molecular weight excluding hydrogens is 424 g/mol. The number of rotatable bonds is 9. The lowest BCUT2D eigenvalue weighted by molar-refractivity contribution is -0.131. The minimum Gasteiger partial charge on any atom is -0.454 e. The van der Waals surface area contributed by atoms with Gasteiger partial charge >= 0.3 is 0 Å². The maximum Gasteiger partial charge on any atom is 0.231 e. The normalized spacial score (nSPS) is 12.1. The van der Waals surface area contributed by atoms with Crippen molar-refractivity contribution in [3.63, 3.8) is 0 Å². The van der Waals surface area contributed by atoms with Gasteiger partial charge < -0.3 is 14.4 Å². The zero-order valence-electron chi connectivity index (χ0n) is 19.2. The smallest absolute Gasteiger partial charge is 0.231 e. The number of amides is 1. The van der Waals surface area contributed by atoms with Crippen LogP contribution in [0.15, 0.2) is 85.1 Å². The van der Waals surface area contributed by atoms with Gasteiger partial charge in [0.15, 0.2) is 11.5 Å². The molecule has 1 amide bonds. The summed E-state index contributed by atoms with van der Waals surface area (Å²) >= 11 is 0. The Balaban J connectivity index is 1.26. The van der Waals surface area contributed by atoms with E-state index in [2.05, 4.69) is 41.4 Å². The molecule has 0 N–H and O–H groups in total. The summed E-state index contributed by atoms with van der Waals surface area (Å²) in [5, 5.41) is 1.09. The first kappa shape index (κ1) is 22.0. The minimum atomic E-state index is 0.152. The topological polar surface area (TPSA) is 51.7 Å². The zero-order valence-corrected chi connectivity index (χ0v) is 19.2. The van der Waals surface area contributed by atoms with Gasteiger partial charge in [-0.15, -0.1) is 0 Å². The fourth-order valence-electron chi connectivity index (χ4n) is 4.34. The summed E-state index contributed by atoms with van der Waals surface area (Å²) in [7, 11) is 0. The number of para-hydroxylation sites is 1. The van der Waals surface area contributed by atoms with Crippen molar-refractivity contribution in [2.75, 3.05) is 13.3 Å². The molecule has 5 rings (SSSR count). The standard InChI is InChI=1S/C29H28N2O3/c32-29(15-13-23-12-14-27-28(18-23)34-21-33-27)31(16-6-9-22-7-2-1-3-8-22)20-24-17-25-10-4-5-11-26(25)30-19-24/h1-5,7-8,10-12,14,17-19H,6,9,13,15-16,20-21H2. The molecular formula is C29H28N2O3. The Morgan fingerprint density at radius 3 is 2.56 bits per heavy atom. The van der Waals surface area contributed by atoms with Crippen LogP contribution in [0, 0.1) is 0 Å². The van der Waals surface area contributed by atoms with Gasteiger partial charge in [-0.05, 0) is 60.2 Å². The molecule has 0 saturated heterocycles. The highest BCUT2D eigenvalue weighted by molar-refractivity contribution is 5.79. The molecule has 5 nitrogen and oxygen atoms in total. The van der Waals surface area contributed by atoms with Crippen LogP contribution in [-0.2, 0) is 24.2 Å². The molecule has 5 heteroatoms. The fourth-order valence-corrected chi connectivity index (χ4v) is 4.34. The molecule has 0 atom stereocenters. The predicted molar refractivity (Wildman–Crippen MR) is 133 cm³/mol. The summed E-state index contributed by atoms with van der Waals surface area (Å²) in [6, 6.07) is 26.5. The van der Waals surface area contributed by atoms with Crippen LogP contribution in [0.3, 0.4) is 0 Å². The molecule has 0 saturated carbocycles. The molecule has 0 spiro atoms. The van der Waals surface area contributed by atoms with Crippen LogP contribution < -0.4 is 9.47 Å². The molecule has 0 radical (unpaired) electrons. The van der Waals surface area contributed by atoms with Crippen molar-refractivity contribution in [1.82, 2.24) is 9.88 Å². The van der Waals surface area contributed by atoms with Crippen molar-refractivity contribution in [3.05, 3.63) is 102 Å². The largest absolute Gasteiger partial charge is 0.454 e. The Bertz CT molecular complexity index is 1270. The Hall–Kier alpha value is -3.86. The Morgan fingerprint density at radius 2 is 1.65 bits per heavy atom. The van der Waals surface area contributed by atoms with Crippen LogP contribution in [0.1, 0.15) is 29.5 Å². The quantitative estimate of drug-likeness (QED) is 0.334. The number of nitrogens with zero attached hydrogens (tertiary/aromatic N) is 2. The van der Waals surface area contributed by atoms with Crippen LogP contribution in [0.25, 0.3) is 10.9 Å². The van der Waals surface area contributed by atoms with E-state index in [1.165, 1.54) is 5.56 Å². The van der Waals surface area contributed by atoms with Crippen molar-refractivity contribution >= 4 is 16.8 Å². The van der Waals surface area contributed by atoms with Crippen molar-refractivity contribution in [3.8, 4) is 11.5 Å². The molecule has 1 aliphatic heterocycles. The van der Waals surface area contributed by atoms with Gasteiger partial charge in [-0.1, -0.05) is 54.6 Å². The van der Waals surface area contributed by atoms with E-state index in [1.54, 1.807) is 0 Å². The second-order valence-corrected chi connectivity index (χ2v) is 8.63. The Morgan fingerprint density at radius 1 is 0.824 bits per heavy atom. The van der Waals surface area contributed by atoms with Gasteiger partial charge in [0.25, 0.3) is 0 Å². The van der Waals surface area contributed by atoms with Crippen LogP contribution >= 0.6 is 0 Å². The molecule has 0 unspecified atom stereocenters. The maximum absolute atomic E-state index is 13.3. The average Bonchev–Trinajstić information content (AvgIpc) is 3.35. The third-order valence-corrected chi connectivity index (χ3v) is 6.17. The molecule has 1 aliphatic rings. The first-order chi connectivity index (χ1) is 16.7. The molecule has 0 bridgehead atoms. The lowest BCUT2D eigenvalue weighted by atomic mass is 10.1. The molecule has 4 aromatic rings. The molecule has 34 heavy (non-hydrogen) atoms. The lowest BCUT2D eigenvalue weighted by Crippen LogP contribution is -2.32. The summed E-state index contributed by atoms with van der Waals surface area (Å²) in [5.74, 6) is 1.67. The van der Waals surface area contributed by atoms with Crippen LogP contribution in [-0.4, -0.2) is 29.1 Å². The van der Waals surface area contributed by atoms with Gasteiger partial charge in [-0.25, -0.2) is 0 Å². The van der Waals surface area contributed by atoms with Crippen molar-refractivity contribution in [2.24, 2.45) is 0 Å². The van der Waals surface area contributed by atoms with Crippen LogP contribution in [0.4, 0.5) is 0 Å². The number of pyridine rings is 1. The van der Waals surface area contributed by atoms with E-state index >= 15 is 0 Å². The van der Waals surface area contributed by atoms with E-state index in [1.807, 2.05) is 53.6 Å². The lowest BCUT2D eigenvalue weighted by Gasteiger charge is -2.23. The van der Waals surface area contributed by atoms with Gasteiger partial charge in [-0.3, -0.25) is 9.78 Å². The highest BCUT2D eigenvalue weighted by Crippen LogP contribution is 2.32. The number of carbonyl (C=O) groups excluding carboxylic acids is 1. The monoisotopic (exact) mass is 452 g/mol. The van der Waals surface area contributed by atoms with Crippen molar-refractivity contribution in [1.29, 1.82) is 0 Å². The average molecular weight is 453 g/mol. The summed E-state index contributed by atoms with van der Waals surface area (Å²) in [5.41, 5.74) is 4.39. The molecule has 2 heterocycles. The maximum atomic E-state index is 13.3. The number of benzene rings is 3. The third-order valence-electron chi connectivity index (χ3n) is 6.17. The van der Waals surface area contributed by atoms with E-state index in [9.17, 15) is 4.79 Å². The number of hydrogen-bond donors (Lipinski definition) is 0. The van der Waals surface area contributed by atoms with Gasteiger partial charge in [0.05, 0.1) is 5.52 Å². The van der Waals surface area contributed by atoms with E-state index < -0.39 is 0 Å². The van der Waals surface area contributed by atoms with E-state index in [0.29, 0.717) is 25.9 Å². The number of ether oxygens (including phenoxy) is 2. The summed E-state index contributed by atoms with van der Waals surface area (Å²) in [6.45, 7) is 1.53. The zero-order chi connectivity index (χ0) is 23.2. The number of fused-ring (bicyclic) bond motifs is 2. The van der Waals surface area contributed by atoms with Crippen LogP contribution in [0.5, 0.6) is 11.5 Å². The van der Waals surface area contributed by atoms with E-state index in [-0.39, 0.29) is 12.7 Å². The minimum absolute atomic E-state index is 0.152. The van der Waals surface area contributed by atoms with Gasteiger partial charge in [-0.2, -0.15) is 0 Å². The second kappa shape index (κ2) is 10.4. The molecule has 0 aliphatic carbocycles. The first-order valence-corrected chi connectivity index (χ1v) is 11.8. The molecule has 1 aromatic heterocycles. The SMILES string of the molecule is O=C(CCc1ccc2c(c1)OCO2)N(CCCc1ccccc1)Cc1cnc2ccccc2c1. The van der Waals surface area contributed by atoms with Gasteiger partial charge in [0.2, 0.25) is 12.7 Å². The number of carbonyl (C=O) groups is 1. The van der Waals surface area contributed by atoms with Gasteiger partial charge in [0.1, 0.15) is 0 Å². The second-order valence-electron chi connectivity index (χ2n) is 8.63. The highest BCUT2D eigenvalue weighted by atomic mass is 16.7. The van der Waals surface area contributed by atoms with E-state index in [0.717, 1.165) is 46.4 Å². The number of aryl methyl sites for hydroxylation is 2. The van der Waals surface area contributed by atoms with Crippen molar-refractivity contribution < 1.29 is 14.3 Å². The number of hydrogen-bond acceptors (Lipinski definition) is 4. The summed E-state index contributed by atoms with van der Waals surface area (Å²) in [6.07, 6.45) is 4.87. The highest BCUT2D eigenvalue weighted by Gasteiger charge is 2.17. The van der Waals surface area contributed by atoms with Gasteiger partial charge in [0, 0.05) is 31.1 Å². The number of aromatic nitrogens is 1.